The number of amides is 2. The molecule has 2 rings (SSSR count). The Labute approximate surface area is 155 Å². The van der Waals surface area contributed by atoms with Crippen LogP contribution in [0.4, 0.5) is 5.13 Å². The first-order valence-corrected chi connectivity index (χ1v) is 9.05. The number of carbonyl (C=O) groups is 2. The minimum absolute atomic E-state index is 0.111. The SMILES string of the molecule is CC(C)[C@H](NC(=O)[C@@H](N)Cc1ccccc1)C(=O)Nc1n[nH]c(=S)s1. The Morgan fingerprint density at radius 1 is 1.28 bits per heavy atom. The molecule has 0 saturated heterocycles. The summed E-state index contributed by atoms with van der Waals surface area (Å²) < 4.78 is 0.463. The van der Waals surface area contributed by atoms with E-state index >= 15 is 0 Å². The molecule has 5 N–H and O–H groups in total. The first-order valence-electron chi connectivity index (χ1n) is 7.83. The van der Waals surface area contributed by atoms with Crippen molar-refractivity contribution in [2.75, 3.05) is 5.32 Å². The summed E-state index contributed by atoms with van der Waals surface area (Å²) in [4.78, 5) is 24.8. The first kappa shape index (κ1) is 19.2. The third-order valence-electron chi connectivity index (χ3n) is 3.55. The first-order chi connectivity index (χ1) is 11.9. The molecule has 0 spiro atoms. The number of hydrogen-bond acceptors (Lipinski definition) is 6. The summed E-state index contributed by atoms with van der Waals surface area (Å²) in [5.41, 5.74) is 6.95. The number of hydrogen-bond donors (Lipinski definition) is 4. The zero-order chi connectivity index (χ0) is 18.4. The molecule has 0 unspecified atom stereocenters. The Hall–Kier alpha value is -2.10. The smallest absolute Gasteiger partial charge is 0.249 e. The zero-order valence-electron chi connectivity index (χ0n) is 14.0. The molecule has 1 aromatic heterocycles. The maximum Gasteiger partial charge on any atom is 0.249 e. The largest absolute Gasteiger partial charge is 0.343 e. The molecule has 0 aliphatic heterocycles. The normalized spacial score (nSPS) is 13.3. The summed E-state index contributed by atoms with van der Waals surface area (Å²) in [5, 5.41) is 12.2. The van der Waals surface area contributed by atoms with Gasteiger partial charge >= 0.3 is 0 Å². The molecule has 0 radical (unpaired) electrons. The topological polar surface area (TPSA) is 113 Å². The van der Waals surface area contributed by atoms with E-state index < -0.39 is 12.1 Å². The molecule has 7 nitrogen and oxygen atoms in total. The molecule has 9 heteroatoms. The lowest BCUT2D eigenvalue weighted by atomic mass is 10.0. The number of rotatable bonds is 7. The molecule has 0 aliphatic carbocycles. The highest BCUT2D eigenvalue weighted by atomic mass is 32.1. The van der Waals surface area contributed by atoms with Crippen LogP contribution in [0.25, 0.3) is 0 Å². The lowest BCUT2D eigenvalue weighted by Gasteiger charge is -2.23. The van der Waals surface area contributed by atoms with E-state index in [2.05, 4.69) is 20.8 Å². The lowest BCUT2D eigenvalue weighted by molar-refractivity contribution is -0.128. The highest BCUT2D eigenvalue weighted by molar-refractivity contribution is 7.73. The van der Waals surface area contributed by atoms with Crippen molar-refractivity contribution in [2.45, 2.75) is 32.4 Å². The third-order valence-corrected chi connectivity index (χ3v) is 4.56. The van der Waals surface area contributed by atoms with Crippen LogP contribution in [0.1, 0.15) is 19.4 Å². The van der Waals surface area contributed by atoms with Gasteiger partial charge in [0.1, 0.15) is 6.04 Å². The summed E-state index contributed by atoms with van der Waals surface area (Å²) >= 11 is 6.08. The van der Waals surface area contributed by atoms with Gasteiger partial charge in [-0.05, 0) is 30.1 Å². The van der Waals surface area contributed by atoms with Gasteiger partial charge in [0.15, 0.2) is 3.95 Å². The Morgan fingerprint density at radius 3 is 2.52 bits per heavy atom. The number of nitrogens with zero attached hydrogens (tertiary/aromatic N) is 1. The van der Waals surface area contributed by atoms with Gasteiger partial charge in [0, 0.05) is 0 Å². The van der Waals surface area contributed by atoms with Crippen molar-refractivity contribution in [1.82, 2.24) is 15.5 Å². The molecule has 2 atom stereocenters. The maximum atomic E-state index is 12.4. The predicted molar refractivity (Wildman–Crippen MR) is 101 cm³/mol. The number of benzene rings is 1. The molecule has 0 aliphatic rings. The second-order valence-electron chi connectivity index (χ2n) is 5.93. The Bertz CT molecular complexity index is 772. The number of aromatic amines is 1. The fourth-order valence-corrected chi connectivity index (χ4v) is 3.01. The minimum Gasteiger partial charge on any atom is -0.343 e. The summed E-state index contributed by atoms with van der Waals surface area (Å²) in [5.74, 6) is -0.833. The molecule has 2 aromatic rings. The standard InChI is InChI=1S/C16H21N5O2S2/c1-9(2)12(14(23)19-15-20-21-16(24)25-15)18-13(22)11(17)8-10-6-4-3-5-7-10/h3-7,9,11-12H,8,17H2,1-2H3,(H,18,22)(H,21,24)(H,19,20,23)/t11-,12-/m0/s1. The van der Waals surface area contributed by atoms with Gasteiger partial charge in [0.25, 0.3) is 0 Å². The van der Waals surface area contributed by atoms with E-state index in [-0.39, 0.29) is 17.7 Å². The molecule has 25 heavy (non-hydrogen) atoms. The molecule has 1 heterocycles. The van der Waals surface area contributed by atoms with E-state index in [1.54, 1.807) is 0 Å². The van der Waals surface area contributed by atoms with Crippen molar-refractivity contribution in [1.29, 1.82) is 0 Å². The van der Waals surface area contributed by atoms with E-state index in [9.17, 15) is 9.59 Å². The number of H-pyrrole nitrogens is 1. The second kappa shape index (κ2) is 8.84. The fourth-order valence-electron chi connectivity index (χ4n) is 2.22. The molecule has 2 amide bonds. The number of aromatic nitrogens is 2. The summed E-state index contributed by atoms with van der Waals surface area (Å²) in [6, 6.07) is 8.05. The molecule has 0 bridgehead atoms. The van der Waals surface area contributed by atoms with Crippen molar-refractivity contribution >= 4 is 40.5 Å². The molecular weight excluding hydrogens is 358 g/mol. The molecule has 1 aromatic carbocycles. The van der Waals surface area contributed by atoms with Gasteiger partial charge < -0.3 is 11.1 Å². The monoisotopic (exact) mass is 379 g/mol. The van der Waals surface area contributed by atoms with Crippen molar-refractivity contribution in [3.63, 3.8) is 0 Å². The van der Waals surface area contributed by atoms with Gasteiger partial charge in [-0.1, -0.05) is 55.5 Å². The van der Waals surface area contributed by atoms with Crippen LogP contribution in [-0.2, 0) is 16.0 Å². The second-order valence-corrected chi connectivity index (χ2v) is 7.60. The Morgan fingerprint density at radius 2 is 1.96 bits per heavy atom. The van der Waals surface area contributed by atoms with Gasteiger partial charge in [0.2, 0.25) is 16.9 Å². The predicted octanol–water partition coefficient (Wildman–Crippen LogP) is 1.85. The van der Waals surface area contributed by atoms with Crippen LogP contribution < -0.4 is 16.4 Å². The highest BCUT2D eigenvalue weighted by Crippen LogP contribution is 2.13. The summed E-state index contributed by atoms with van der Waals surface area (Å²) in [7, 11) is 0. The van der Waals surface area contributed by atoms with E-state index in [0.29, 0.717) is 15.5 Å². The van der Waals surface area contributed by atoms with Crippen LogP contribution >= 0.6 is 23.6 Å². The van der Waals surface area contributed by atoms with Crippen LogP contribution in [0, 0.1) is 9.87 Å². The van der Waals surface area contributed by atoms with Crippen LogP contribution in [0.3, 0.4) is 0 Å². The van der Waals surface area contributed by atoms with Gasteiger partial charge in [-0.15, -0.1) is 5.10 Å². The van der Waals surface area contributed by atoms with Gasteiger partial charge in [-0.3, -0.25) is 20.0 Å². The average Bonchev–Trinajstić information content (AvgIpc) is 2.97. The van der Waals surface area contributed by atoms with E-state index in [4.69, 9.17) is 18.0 Å². The van der Waals surface area contributed by atoms with Crippen LogP contribution in [0.5, 0.6) is 0 Å². The minimum atomic E-state index is -0.733. The molecule has 0 fully saturated rings. The summed E-state index contributed by atoms with van der Waals surface area (Å²) in [6.07, 6.45) is 0.403. The van der Waals surface area contributed by atoms with Crippen LogP contribution in [-0.4, -0.2) is 34.1 Å². The fraction of sp³-hybridized carbons (Fsp3) is 0.375. The average molecular weight is 380 g/mol. The van der Waals surface area contributed by atoms with E-state index in [1.165, 1.54) is 0 Å². The lowest BCUT2D eigenvalue weighted by Crippen LogP contribution is -2.52. The maximum absolute atomic E-state index is 12.4. The summed E-state index contributed by atoms with van der Waals surface area (Å²) in [6.45, 7) is 3.69. The van der Waals surface area contributed by atoms with E-state index in [1.807, 2.05) is 44.2 Å². The zero-order valence-corrected chi connectivity index (χ0v) is 15.6. The van der Waals surface area contributed by atoms with Crippen molar-refractivity contribution in [3.8, 4) is 0 Å². The van der Waals surface area contributed by atoms with Gasteiger partial charge in [0.05, 0.1) is 6.04 Å². The Balaban J connectivity index is 1.98. The number of nitrogens with two attached hydrogens (primary N) is 1. The number of nitrogens with one attached hydrogen (secondary N) is 3. The third kappa shape index (κ3) is 5.73. The molecular formula is C16H21N5O2S2. The van der Waals surface area contributed by atoms with Gasteiger partial charge in [-0.25, -0.2) is 0 Å². The highest BCUT2D eigenvalue weighted by Gasteiger charge is 2.27. The molecule has 0 saturated carbocycles. The van der Waals surface area contributed by atoms with Crippen molar-refractivity contribution < 1.29 is 9.59 Å². The van der Waals surface area contributed by atoms with Crippen molar-refractivity contribution in [2.24, 2.45) is 11.7 Å². The molecule has 134 valence electrons. The van der Waals surface area contributed by atoms with Crippen LogP contribution in [0.15, 0.2) is 30.3 Å². The Kier molecular flexibility index (Phi) is 6.80. The van der Waals surface area contributed by atoms with Crippen LogP contribution in [0.2, 0.25) is 0 Å². The number of carbonyl (C=O) groups excluding carboxylic acids is 2. The van der Waals surface area contributed by atoms with Gasteiger partial charge in [-0.2, -0.15) is 0 Å². The van der Waals surface area contributed by atoms with Crippen molar-refractivity contribution in [3.05, 3.63) is 39.8 Å². The van der Waals surface area contributed by atoms with E-state index in [0.717, 1.165) is 16.9 Å². The quantitative estimate of drug-likeness (QED) is 0.549. The number of anilines is 1.